The molecule has 3 rings (SSSR count). The van der Waals surface area contributed by atoms with Crippen molar-refractivity contribution in [2.75, 3.05) is 30.4 Å². The Labute approximate surface area is 130 Å². The molecule has 5 heteroatoms. The van der Waals surface area contributed by atoms with E-state index in [0.717, 1.165) is 40.9 Å². The first-order valence-electron chi connectivity index (χ1n) is 7.56. The summed E-state index contributed by atoms with van der Waals surface area (Å²) in [5.41, 5.74) is 1.94. The second-order valence-electron chi connectivity index (χ2n) is 6.04. The van der Waals surface area contributed by atoms with Crippen LogP contribution in [0.25, 0.3) is 10.8 Å². The Balaban J connectivity index is 2.21. The highest BCUT2D eigenvalue weighted by Crippen LogP contribution is 2.35. The molecule has 1 fully saturated rings. The molecule has 0 spiro atoms. The van der Waals surface area contributed by atoms with E-state index in [-0.39, 0.29) is 0 Å². The van der Waals surface area contributed by atoms with E-state index in [1.807, 2.05) is 49.0 Å². The lowest BCUT2D eigenvalue weighted by molar-refractivity contribution is -0.138. The molecule has 1 aromatic heterocycles. The highest BCUT2D eigenvalue weighted by atomic mass is 16.4. The molecule has 0 saturated carbocycles. The van der Waals surface area contributed by atoms with Gasteiger partial charge in [0.2, 0.25) is 0 Å². The molecule has 0 radical (unpaired) electrons. The van der Waals surface area contributed by atoms with Crippen LogP contribution in [0.4, 0.5) is 11.5 Å². The van der Waals surface area contributed by atoms with Gasteiger partial charge in [-0.25, -0.2) is 9.78 Å². The van der Waals surface area contributed by atoms with Gasteiger partial charge in [-0.2, -0.15) is 0 Å². The minimum atomic E-state index is -0.742. The third-order valence-corrected chi connectivity index (χ3v) is 4.23. The molecule has 1 atom stereocenters. The number of carboxylic acid groups (broad SMARTS) is 1. The molecule has 5 nitrogen and oxygen atoms in total. The Kier molecular flexibility index (Phi) is 3.64. The summed E-state index contributed by atoms with van der Waals surface area (Å²) in [6.07, 6.45) is 1.62. The summed E-state index contributed by atoms with van der Waals surface area (Å²) in [4.78, 5) is 20.1. The fourth-order valence-electron chi connectivity index (χ4n) is 3.27. The second-order valence-corrected chi connectivity index (χ2v) is 6.04. The van der Waals surface area contributed by atoms with E-state index in [1.165, 1.54) is 0 Å². The number of hydrogen-bond donors (Lipinski definition) is 1. The van der Waals surface area contributed by atoms with Crippen LogP contribution in [0.3, 0.4) is 0 Å². The van der Waals surface area contributed by atoms with E-state index >= 15 is 0 Å². The number of pyridine rings is 1. The summed E-state index contributed by atoms with van der Waals surface area (Å²) in [6.45, 7) is 2.76. The Bertz CT molecular complexity index is 727. The lowest BCUT2D eigenvalue weighted by Crippen LogP contribution is -2.36. The van der Waals surface area contributed by atoms with Crippen molar-refractivity contribution in [3.05, 3.63) is 30.0 Å². The third kappa shape index (κ3) is 2.36. The first kappa shape index (κ1) is 14.6. The van der Waals surface area contributed by atoms with Gasteiger partial charge in [0.15, 0.2) is 0 Å². The van der Waals surface area contributed by atoms with E-state index < -0.39 is 12.0 Å². The summed E-state index contributed by atoms with van der Waals surface area (Å²) < 4.78 is 0. The van der Waals surface area contributed by atoms with Crippen LogP contribution in [0, 0.1) is 6.92 Å². The average Bonchev–Trinajstić information content (AvgIpc) is 2.95. The summed E-state index contributed by atoms with van der Waals surface area (Å²) in [6, 6.07) is 7.67. The maximum absolute atomic E-state index is 11.5. The zero-order valence-corrected chi connectivity index (χ0v) is 13.2. The van der Waals surface area contributed by atoms with Crippen LogP contribution < -0.4 is 9.80 Å². The van der Waals surface area contributed by atoms with Crippen molar-refractivity contribution in [2.45, 2.75) is 25.8 Å². The maximum atomic E-state index is 11.5. The van der Waals surface area contributed by atoms with Gasteiger partial charge in [0.05, 0.1) is 0 Å². The van der Waals surface area contributed by atoms with Gasteiger partial charge in [-0.1, -0.05) is 12.1 Å². The monoisotopic (exact) mass is 299 g/mol. The van der Waals surface area contributed by atoms with E-state index in [1.54, 1.807) is 0 Å². The quantitative estimate of drug-likeness (QED) is 0.944. The summed E-state index contributed by atoms with van der Waals surface area (Å²) >= 11 is 0. The van der Waals surface area contributed by atoms with Crippen molar-refractivity contribution in [1.29, 1.82) is 0 Å². The summed E-state index contributed by atoms with van der Waals surface area (Å²) in [7, 11) is 3.95. The topological polar surface area (TPSA) is 56.7 Å². The minimum Gasteiger partial charge on any atom is -0.480 e. The van der Waals surface area contributed by atoms with Gasteiger partial charge in [0.1, 0.15) is 11.9 Å². The summed E-state index contributed by atoms with van der Waals surface area (Å²) in [5, 5.41) is 11.6. The van der Waals surface area contributed by atoms with Gasteiger partial charge < -0.3 is 14.9 Å². The lowest BCUT2D eigenvalue weighted by atomic mass is 10.1. The molecule has 2 heterocycles. The van der Waals surface area contributed by atoms with Crippen molar-refractivity contribution in [2.24, 2.45) is 0 Å². The second kappa shape index (κ2) is 5.48. The Morgan fingerprint density at radius 3 is 2.82 bits per heavy atom. The number of carboxylic acids is 1. The molecule has 1 saturated heterocycles. The zero-order valence-electron chi connectivity index (χ0n) is 13.2. The number of anilines is 2. The number of rotatable bonds is 3. The molecule has 116 valence electrons. The minimum absolute atomic E-state index is 0.429. The van der Waals surface area contributed by atoms with E-state index in [9.17, 15) is 9.90 Å². The van der Waals surface area contributed by atoms with Crippen LogP contribution in [0.15, 0.2) is 24.3 Å². The first-order chi connectivity index (χ1) is 10.5. The van der Waals surface area contributed by atoms with E-state index in [4.69, 9.17) is 0 Å². The predicted octanol–water partition coefficient (Wildman–Crippen LogP) is 2.66. The molecular weight excluding hydrogens is 278 g/mol. The fourth-order valence-corrected chi connectivity index (χ4v) is 3.27. The smallest absolute Gasteiger partial charge is 0.326 e. The molecule has 1 unspecified atom stereocenters. The standard InChI is InChI=1S/C17H21N3O2/c1-11-10-13-12(16(18-11)19(2)3)6-4-7-14(13)20-9-5-8-15(20)17(21)22/h4,6-7,10,15H,5,8-9H2,1-3H3,(H,21,22). The Morgan fingerprint density at radius 1 is 1.36 bits per heavy atom. The highest BCUT2D eigenvalue weighted by Gasteiger charge is 2.31. The number of benzene rings is 1. The van der Waals surface area contributed by atoms with Crippen molar-refractivity contribution in [3.8, 4) is 0 Å². The van der Waals surface area contributed by atoms with Crippen molar-refractivity contribution in [3.63, 3.8) is 0 Å². The molecular formula is C17H21N3O2. The largest absolute Gasteiger partial charge is 0.480 e. The molecule has 22 heavy (non-hydrogen) atoms. The molecule has 0 amide bonds. The van der Waals surface area contributed by atoms with Crippen molar-refractivity contribution >= 4 is 28.2 Å². The van der Waals surface area contributed by atoms with E-state index in [0.29, 0.717) is 6.42 Å². The highest BCUT2D eigenvalue weighted by molar-refractivity contribution is 6.01. The van der Waals surface area contributed by atoms with Gasteiger partial charge in [0, 0.05) is 42.8 Å². The molecule has 0 bridgehead atoms. The number of aromatic nitrogens is 1. The number of nitrogens with zero attached hydrogens (tertiary/aromatic N) is 3. The number of hydrogen-bond acceptors (Lipinski definition) is 4. The summed E-state index contributed by atoms with van der Waals surface area (Å²) in [5.74, 6) is 0.177. The number of carbonyl (C=O) groups is 1. The zero-order chi connectivity index (χ0) is 15.9. The third-order valence-electron chi connectivity index (χ3n) is 4.23. The predicted molar refractivity (Wildman–Crippen MR) is 88.8 cm³/mol. The SMILES string of the molecule is Cc1cc2c(N3CCCC3C(=O)O)cccc2c(N(C)C)n1. The van der Waals surface area contributed by atoms with Crippen LogP contribution in [0.1, 0.15) is 18.5 Å². The molecule has 1 aliphatic heterocycles. The molecule has 1 aliphatic rings. The molecule has 0 aliphatic carbocycles. The van der Waals surface area contributed by atoms with Crippen LogP contribution in [0.5, 0.6) is 0 Å². The van der Waals surface area contributed by atoms with Crippen LogP contribution in [-0.4, -0.2) is 42.7 Å². The maximum Gasteiger partial charge on any atom is 0.326 e. The van der Waals surface area contributed by atoms with Gasteiger partial charge in [0.25, 0.3) is 0 Å². The van der Waals surface area contributed by atoms with Gasteiger partial charge >= 0.3 is 5.97 Å². The van der Waals surface area contributed by atoms with Crippen LogP contribution >= 0.6 is 0 Å². The van der Waals surface area contributed by atoms with Gasteiger partial charge in [-0.15, -0.1) is 0 Å². The van der Waals surface area contributed by atoms with Crippen LogP contribution in [-0.2, 0) is 4.79 Å². The van der Waals surface area contributed by atoms with Crippen molar-refractivity contribution < 1.29 is 9.90 Å². The van der Waals surface area contributed by atoms with E-state index in [2.05, 4.69) is 11.1 Å². The molecule has 2 aromatic rings. The Morgan fingerprint density at radius 2 is 2.14 bits per heavy atom. The van der Waals surface area contributed by atoms with Gasteiger partial charge in [-0.05, 0) is 31.9 Å². The fraction of sp³-hybridized carbons (Fsp3) is 0.412. The van der Waals surface area contributed by atoms with Crippen LogP contribution in [0.2, 0.25) is 0 Å². The average molecular weight is 299 g/mol. The molecule has 1 N–H and O–H groups in total. The number of aliphatic carboxylic acids is 1. The first-order valence-corrected chi connectivity index (χ1v) is 7.56. The number of fused-ring (bicyclic) bond motifs is 1. The Hall–Kier alpha value is -2.30. The van der Waals surface area contributed by atoms with Crippen molar-refractivity contribution in [1.82, 2.24) is 4.98 Å². The molecule has 1 aromatic carbocycles. The lowest BCUT2D eigenvalue weighted by Gasteiger charge is -2.26. The number of aryl methyl sites for hydroxylation is 1. The normalized spacial score (nSPS) is 18.0. The van der Waals surface area contributed by atoms with Gasteiger partial charge in [-0.3, -0.25) is 0 Å².